The maximum Gasteiger partial charge on any atom is 0.168 e. The highest BCUT2D eigenvalue weighted by Gasteiger charge is 2.14. The van der Waals surface area contributed by atoms with E-state index in [4.69, 9.17) is 4.42 Å². The fraction of sp³-hybridized carbons (Fsp3) is 0. The highest BCUT2D eigenvalue weighted by molar-refractivity contribution is 5.84. The molecule has 0 unspecified atom stereocenters. The Bertz CT molecular complexity index is 985. The second-order valence-corrected chi connectivity index (χ2v) is 5.04. The van der Waals surface area contributed by atoms with Gasteiger partial charge in [0.25, 0.3) is 0 Å². The molecule has 0 amide bonds. The predicted molar refractivity (Wildman–Crippen MR) is 88.3 cm³/mol. The number of imidazole rings is 1. The molecular formula is C18H13N3O2. The zero-order valence-electron chi connectivity index (χ0n) is 12.1. The van der Waals surface area contributed by atoms with Gasteiger partial charge in [0.1, 0.15) is 11.4 Å². The molecule has 4 aromatic rings. The molecule has 0 saturated carbocycles. The Morgan fingerprint density at radius 2 is 2.04 bits per heavy atom. The van der Waals surface area contributed by atoms with Crippen molar-refractivity contribution in [3.63, 3.8) is 0 Å². The quantitative estimate of drug-likeness (QED) is 0.581. The Labute approximate surface area is 132 Å². The minimum absolute atomic E-state index is 0.207. The molecule has 0 bridgehead atoms. The number of phenols is 1. The first kappa shape index (κ1) is 13.3. The van der Waals surface area contributed by atoms with Crippen LogP contribution in [0.5, 0.6) is 5.75 Å². The summed E-state index contributed by atoms with van der Waals surface area (Å²) in [5.74, 6) is 1.55. The second kappa shape index (κ2) is 5.46. The highest BCUT2D eigenvalue weighted by Crippen LogP contribution is 2.31. The van der Waals surface area contributed by atoms with E-state index in [1.807, 2.05) is 47.0 Å². The van der Waals surface area contributed by atoms with Gasteiger partial charge in [0.15, 0.2) is 17.3 Å². The number of hydrogen-bond donors (Lipinski definition) is 1. The summed E-state index contributed by atoms with van der Waals surface area (Å²) in [4.78, 5) is 9.16. The van der Waals surface area contributed by atoms with Gasteiger partial charge in [-0.25, -0.2) is 9.98 Å². The molecular weight excluding hydrogens is 290 g/mol. The summed E-state index contributed by atoms with van der Waals surface area (Å²) in [7, 11) is 0. The summed E-state index contributed by atoms with van der Waals surface area (Å²) >= 11 is 0. The molecule has 0 fully saturated rings. The van der Waals surface area contributed by atoms with Crippen LogP contribution >= 0.6 is 0 Å². The van der Waals surface area contributed by atoms with Crippen molar-refractivity contribution in [2.75, 3.05) is 0 Å². The first-order valence-corrected chi connectivity index (χ1v) is 7.15. The van der Waals surface area contributed by atoms with Crippen molar-refractivity contribution in [2.45, 2.75) is 0 Å². The zero-order valence-corrected chi connectivity index (χ0v) is 12.1. The van der Waals surface area contributed by atoms with Crippen molar-refractivity contribution in [1.29, 1.82) is 0 Å². The Hall–Kier alpha value is -3.34. The second-order valence-electron chi connectivity index (χ2n) is 5.04. The number of pyridine rings is 1. The van der Waals surface area contributed by atoms with Gasteiger partial charge in [-0.2, -0.15) is 0 Å². The minimum Gasteiger partial charge on any atom is -0.508 e. The van der Waals surface area contributed by atoms with Gasteiger partial charge in [-0.15, -0.1) is 0 Å². The SMILES string of the molecule is Oc1cccc(C=Nc2c(-c3ccco3)nc3ccccn23)c1. The van der Waals surface area contributed by atoms with Gasteiger partial charge in [-0.3, -0.25) is 4.40 Å². The molecule has 0 spiro atoms. The minimum atomic E-state index is 0.207. The van der Waals surface area contributed by atoms with Crippen LogP contribution in [-0.2, 0) is 0 Å². The number of hydrogen-bond acceptors (Lipinski definition) is 4. The van der Waals surface area contributed by atoms with Crippen molar-refractivity contribution in [2.24, 2.45) is 4.99 Å². The number of rotatable bonds is 3. The summed E-state index contributed by atoms with van der Waals surface area (Å²) in [5.41, 5.74) is 2.28. The molecule has 4 rings (SSSR count). The lowest BCUT2D eigenvalue weighted by Gasteiger charge is -1.98. The number of nitrogens with zero attached hydrogens (tertiary/aromatic N) is 3. The number of furan rings is 1. The molecule has 23 heavy (non-hydrogen) atoms. The number of aromatic nitrogens is 2. The third-order valence-electron chi connectivity index (χ3n) is 3.47. The van der Waals surface area contributed by atoms with E-state index in [0.29, 0.717) is 17.3 Å². The standard InChI is InChI=1S/C18H13N3O2/c22-14-6-3-5-13(11-14)12-19-18-17(15-7-4-10-23-15)20-16-8-1-2-9-21(16)18/h1-12,22H. The van der Waals surface area contributed by atoms with Crippen molar-refractivity contribution >= 4 is 17.7 Å². The number of aromatic hydroxyl groups is 1. The number of aliphatic imine (C=N–C) groups is 1. The van der Waals surface area contributed by atoms with Crippen molar-refractivity contribution in [3.8, 4) is 17.2 Å². The normalized spacial score (nSPS) is 11.5. The van der Waals surface area contributed by atoms with E-state index in [1.54, 1.807) is 30.7 Å². The van der Waals surface area contributed by atoms with Crippen LogP contribution in [0.25, 0.3) is 17.1 Å². The zero-order chi connectivity index (χ0) is 15.6. The highest BCUT2D eigenvalue weighted by atomic mass is 16.3. The Morgan fingerprint density at radius 3 is 2.87 bits per heavy atom. The third-order valence-corrected chi connectivity index (χ3v) is 3.47. The fourth-order valence-electron chi connectivity index (χ4n) is 2.43. The largest absolute Gasteiger partial charge is 0.508 e. The van der Waals surface area contributed by atoms with Gasteiger partial charge in [-0.1, -0.05) is 18.2 Å². The number of fused-ring (bicyclic) bond motifs is 1. The molecule has 3 aromatic heterocycles. The molecule has 0 aliphatic carbocycles. The number of benzene rings is 1. The van der Waals surface area contributed by atoms with Crippen LogP contribution in [0, 0.1) is 0 Å². The molecule has 0 radical (unpaired) electrons. The molecule has 1 aromatic carbocycles. The van der Waals surface area contributed by atoms with E-state index in [1.165, 1.54) is 0 Å². The van der Waals surface area contributed by atoms with Gasteiger partial charge < -0.3 is 9.52 Å². The monoisotopic (exact) mass is 303 g/mol. The number of phenolic OH excluding ortho intramolecular Hbond substituents is 1. The van der Waals surface area contributed by atoms with Crippen molar-refractivity contribution in [1.82, 2.24) is 9.38 Å². The lowest BCUT2D eigenvalue weighted by atomic mass is 10.2. The molecule has 1 N–H and O–H groups in total. The Kier molecular flexibility index (Phi) is 3.16. The van der Waals surface area contributed by atoms with E-state index < -0.39 is 0 Å². The maximum absolute atomic E-state index is 9.55. The Morgan fingerprint density at radius 1 is 1.09 bits per heavy atom. The molecule has 5 nitrogen and oxygen atoms in total. The van der Waals surface area contributed by atoms with Gasteiger partial charge in [0.05, 0.1) is 6.26 Å². The van der Waals surface area contributed by atoms with Gasteiger partial charge >= 0.3 is 0 Å². The molecule has 112 valence electrons. The van der Waals surface area contributed by atoms with E-state index >= 15 is 0 Å². The third kappa shape index (κ3) is 2.48. The van der Waals surface area contributed by atoms with Crippen LogP contribution in [0.3, 0.4) is 0 Å². The first-order valence-electron chi connectivity index (χ1n) is 7.15. The van der Waals surface area contributed by atoms with Gasteiger partial charge in [0, 0.05) is 12.4 Å². The first-order chi connectivity index (χ1) is 11.3. The van der Waals surface area contributed by atoms with E-state index in [9.17, 15) is 5.11 Å². The summed E-state index contributed by atoms with van der Waals surface area (Å²) < 4.78 is 7.37. The summed E-state index contributed by atoms with van der Waals surface area (Å²) in [6.45, 7) is 0. The molecule has 5 heteroatoms. The lowest BCUT2D eigenvalue weighted by molar-refractivity contribution is 0.475. The topological polar surface area (TPSA) is 63.0 Å². The van der Waals surface area contributed by atoms with Crippen LogP contribution in [0.4, 0.5) is 5.82 Å². The van der Waals surface area contributed by atoms with Crippen molar-refractivity contribution < 1.29 is 9.52 Å². The summed E-state index contributed by atoms with van der Waals surface area (Å²) in [5, 5.41) is 9.55. The maximum atomic E-state index is 9.55. The molecule has 0 saturated heterocycles. The van der Waals surface area contributed by atoms with Gasteiger partial charge in [-0.05, 0) is 42.0 Å². The molecule has 0 aliphatic heterocycles. The van der Waals surface area contributed by atoms with Crippen LogP contribution < -0.4 is 0 Å². The van der Waals surface area contributed by atoms with Gasteiger partial charge in [0.2, 0.25) is 0 Å². The van der Waals surface area contributed by atoms with Crippen LogP contribution in [0.15, 0.2) is 76.5 Å². The molecule has 3 heterocycles. The van der Waals surface area contributed by atoms with Crippen molar-refractivity contribution in [3.05, 3.63) is 72.6 Å². The fourth-order valence-corrected chi connectivity index (χ4v) is 2.43. The van der Waals surface area contributed by atoms with Crippen LogP contribution in [0.1, 0.15) is 5.56 Å². The van der Waals surface area contributed by atoms with E-state index in [0.717, 1.165) is 11.2 Å². The molecule has 0 aliphatic rings. The molecule has 0 atom stereocenters. The van der Waals surface area contributed by atoms with Crippen LogP contribution in [-0.4, -0.2) is 20.7 Å². The average molecular weight is 303 g/mol. The predicted octanol–water partition coefficient (Wildman–Crippen LogP) is 4.05. The van der Waals surface area contributed by atoms with Crippen LogP contribution in [0.2, 0.25) is 0 Å². The van der Waals surface area contributed by atoms with E-state index in [2.05, 4.69) is 9.98 Å². The van der Waals surface area contributed by atoms with E-state index in [-0.39, 0.29) is 5.75 Å². The summed E-state index contributed by atoms with van der Waals surface area (Å²) in [6, 6.07) is 16.4. The smallest absolute Gasteiger partial charge is 0.168 e. The summed E-state index contributed by atoms with van der Waals surface area (Å²) in [6.07, 6.45) is 5.22. The lowest BCUT2D eigenvalue weighted by Crippen LogP contribution is -1.84. The average Bonchev–Trinajstić information content (AvgIpc) is 3.20. The Balaban J connectivity index is 1.86.